The van der Waals surface area contributed by atoms with Gasteiger partial charge in [-0.25, -0.2) is 0 Å². The minimum absolute atomic E-state index is 0.0714. The largest absolute Gasteiger partial charge is 0.389 e. The summed E-state index contributed by atoms with van der Waals surface area (Å²) in [6.07, 6.45) is 1.47. The topological polar surface area (TPSA) is 54.4 Å². The van der Waals surface area contributed by atoms with E-state index in [9.17, 15) is 5.11 Å². The number of hydrogen-bond acceptors (Lipinski definition) is 5. The van der Waals surface area contributed by atoms with E-state index in [1.807, 2.05) is 6.20 Å². The summed E-state index contributed by atoms with van der Waals surface area (Å²) in [7, 11) is 0. The predicted molar refractivity (Wildman–Crippen MR) is 49.6 cm³/mol. The highest BCUT2D eigenvalue weighted by atomic mass is 32.1. The molecule has 2 N–H and O–H groups in total. The third-order valence-electron chi connectivity index (χ3n) is 2.07. The van der Waals surface area contributed by atoms with Crippen LogP contribution < -0.4 is 5.32 Å². The zero-order valence-corrected chi connectivity index (χ0v) is 7.96. The molecule has 1 aliphatic heterocycles. The molecular formula is C8H12N2O2S. The van der Waals surface area contributed by atoms with Crippen molar-refractivity contribution in [3.8, 4) is 0 Å². The summed E-state index contributed by atoms with van der Waals surface area (Å²) in [6.45, 7) is 1.80. The van der Waals surface area contributed by atoms with Crippen LogP contribution in [0, 0.1) is 0 Å². The number of aliphatic hydroxyl groups is 1. The maximum atomic E-state index is 9.42. The zero-order valence-electron chi connectivity index (χ0n) is 7.14. The Morgan fingerprint density at radius 2 is 2.62 bits per heavy atom. The van der Waals surface area contributed by atoms with Crippen LogP contribution >= 0.6 is 11.3 Å². The van der Waals surface area contributed by atoms with Crippen molar-refractivity contribution in [1.82, 2.24) is 10.3 Å². The molecule has 0 aromatic carbocycles. The lowest BCUT2D eigenvalue weighted by molar-refractivity contribution is 0.122. The van der Waals surface area contributed by atoms with E-state index in [1.54, 1.807) is 16.8 Å². The van der Waals surface area contributed by atoms with E-state index in [-0.39, 0.29) is 12.1 Å². The number of nitrogens with one attached hydrogen (secondary N) is 1. The minimum atomic E-state index is -0.368. The molecule has 0 bridgehead atoms. The summed E-state index contributed by atoms with van der Waals surface area (Å²) in [6, 6.07) is 0.0714. The van der Waals surface area contributed by atoms with Gasteiger partial charge in [0.2, 0.25) is 0 Å². The van der Waals surface area contributed by atoms with Gasteiger partial charge < -0.3 is 15.2 Å². The fraction of sp³-hybridized carbons (Fsp3) is 0.625. The lowest BCUT2D eigenvalue weighted by atomic mass is 10.2. The van der Waals surface area contributed by atoms with Gasteiger partial charge in [0, 0.05) is 17.6 Å². The molecule has 4 nitrogen and oxygen atoms in total. The van der Waals surface area contributed by atoms with Crippen molar-refractivity contribution in [2.75, 3.05) is 13.2 Å². The Bertz CT molecular complexity index is 253. The number of aromatic nitrogens is 1. The molecule has 72 valence electrons. The number of ether oxygens (including phenoxy) is 1. The maximum absolute atomic E-state index is 9.42. The molecule has 2 atom stereocenters. The average molecular weight is 200 g/mol. The van der Waals surface area contributed by atoms with Crippen LogP contribution in [0.5, 0.6) is 0 Å². The second-order valence-electron chi connectivity index (χ2n) is 3.06. The predicted octanol–water partition coefficient (Wildman–Crippen LogP) is -0.00760. The van der Waals surface area contributed by atoms with Crippen molar-refractivity contribution in [3.05, 3.63) is 16.6 Å². The molecule has 1 aromatic heterocycles. The van der Waals surface area contributed by atoms with Crippen LogP contribution in [-0.2, 0) is 11.3 Å². The Labute approximate surface area is 80.6 Å². The Morgan fingerprint density at radius 1 is 1.69 bits per heavy atom. The van der Waals surface area contributed by atoms with Crippen LogP contribution in [0.1, 0.15) is 4.88 Å². The van der Waals surface area contributed by atoms with Crippen LogP contribution in [0.25, 0.3) is 0 Å². The first-order valence-corrected chi connectivity index (χ1v) is 5.11. The van der Waals surface area contributed by atoms with E-state index in [4.69, 9.17) is 4.74 Å². The molecule has 1 aromatic rings. The van der Waals surface area contributed by atoms with Crippen LogP contribution in [-0.4, -0.2) is 35.5 Å². The highest BCUT2D eigenvalue weighted by Crippen LogP contribution is 2.08. The molecule has 13 heavy (non-hydrogen) atoms. The summed E-state index contributed by atoms with van der Waals surface area (Å²) in [5.41, 5.74) is 1.80. The molecule has 2 rings (SSSR count). The van der Waals surface area contributed by atoms with Crippen LogP contribution in [0.15, 0.2) is 11.7 Å². The smallest absolute Gasteiger partial charge is 0.0948 e. The highest BCUT2D eigenvalue weighted by molar-refractivity contribution is 7.09. The van der Waals surface area contributed by atoms with Crippen LogP contribution in [0.3, 0.4) is 0 Å². The van der Waals surface area contributed by atoms with E-state index in [2.05, 4.69) is 10.3 Å². The van der Waals surface area contributed by atoms with Gasteiger partial charge in [-0.1, -0.05) is 0 Å². The van der Waals surface area contributed by atoms with Crippen LogP contribution in [0.4, 0.5) is 0 Å². The van der Waals surface area contributed by atoms with Gasteiger partial charge in [0.25, 0.3) is 0 Å². The van der Waals surface area contributed by atoms with Crippen molar-refractivity contribution in [2.24, 2.45) is 0 Å². The van der Waals surface area contributed by atoms with E-state index in [0.29, 0.717) is 13.2 Å². The van der Waals surface area contributed by atoms with E-state index in [0.717, 1.165) is 6.54 Å². The Balaban J connectivity index is 1.79. The first kappa shape index (κ1) is 9.08. The first-order valence-electron chi connectivity index (χ1n) is 4.23. The molecule has 1 fully saturated rings. The molecule has 2 heterocycles. The molecular weight excluding hydrogens is 188 g/mol. The van der Waals surface area contributed by atoms with Gasteiger partial charge in [-0.05, 0) is 0 Å². The number of nitrogens with zero attached hydrogens (tertiary/aromatic N) is 1. The number of hydrogen-bond donors (Lipinski definition) is 2. The van der Waals surface area contributed by atoms with Gasteiger partial charge in [0.05, 0.1) is 30.9 Å². The Morgan fingerprint density at radius 3 is 3.23 bits per heavy atom. The van der Waals surface area contributed by atoms with Gasteiger partial charge in [0.1, 0.15) is 0 Å². The van der Waals surface area contributed by atoms with Gasteiger partial charge in [0.15, 0.2) is 0 Å². The fourth-order valence-corrected chi connectivity index (χ4v) is 1.84. The molecule has 0 saturated carbocycles. The van der Waals surface area contributed by atoms with Crippen molar-refractivity contribution >= 4 is 11.3 Å². The lowest BCUT2D eigenvalue weighted by Crippen LogP contribution is -2.38. The SMILES string of the molecule is OC1COCC1NCc1cncs1. The standard InChI is InChI=1S/C8H12N2O2S/c11-8-4-12-3-7(8)10-2-6-1-9-5-13-6/h1,5,7-8,10-11H,2-4H2. The number of thiazole rings is 1. The zero-order chi connectivity index (χ0) is 9.10. The summed E-state index contributed by atoms with van der Waals surface area (Å²) >= 11 is 1.61. The van der Waals surface area contributed by atoms with E-state index in [1.165, 1.54) is 4.88 Å². The monoisotopic (exact) mass is 200 g/mol. The van der Waals surface area contributed by atoms with Crippen molar-refractivity contribution in [3.63, 3.8) is 0 Å². The summed E-state index contributed by atoms with van der Waals surface area (Å²) < 4.78 is 5.11. The van der Waals surface area contributed by atoms with Gasteiger partial charge in [-0.2, -0.15) is 0 Å². The molecule has 1 saturated heterocycles. The third kappa shape index (κ3) is 2.25. The first-order chi connectivity index (χ1) is 6.36. The molecule has 2 unspecified atom stereocenters. The molecule has 0 amide bonds. The second-order valence-corrected chi connectivity index (χ2v) is 4.03. The highest BCUT2D eigenvalue weighted by Gasteiger charge is 2.25. The fourth-order valence-electron chi connectivity index (χ4n) is 1.30. The Hall–Kier alpha value is -0.490. The number of aliphatic hydroxyl groups excluding tert-OH is 1. The molecule has 0 spiro atoms. The van der Waals surface area contributed by atoms with Crippen LogP contribution in [0.2, 0.25) is 0 Å². The summed E-state index contributed by atoms with van der Waals surface area (Å²) in [5, 5.41) is 12.6. The van der Waals surface area contributed by atoms with E-state index >= 15 is 0 Å². The quantitative estimate of drug-likeness (QED) is 0.720. The van der Waals surface area contributed by atoms with E-state index < -0.39 is 0 Å². The molecule has 1 aliphatic rings. The summed E-state index contributed by atoms with van der Waals surface area (Å²) in [5.74, 6) is 0. The normalized spacial score (nSPS) is 28.1. The second kappa shape index (κ2) is 4.15. The molecule has 0 aliphatic carbocycles. The summed E-state index contributed by atoms with van der Waals surface area (Å²) in [4.78, 5) is 5.15. The number of rotatable bonds is 3. The molecule has 0 radical (unpaired) electrons. The van der Waals surface area contributed by atoms with Gasteiger partial charge >= 0.3 is 0 Å². The van der Waals surface area contributed by atoms with Crippen molar-refractivity contribution < 1.29 is 9.84 Å². The van der Waals surface area contributed by atoms with Gasteiger partial charge in [-0.3, -0.25) is 4.98 Å². The molecule has 5 heteroatoms. The maximum Gasteiger partial charge on any atom is 0.0948 e. The lowest BCUT2D eigenvalue weighted by Gasteiger charge is -2.12. The average Bonchev–Trinajstić information content (AvgIpc) is 2.72. The minimum Gasteiger partial charge on any atom is -0.389 e. The van der Waals surface area contributed by atoms with Crippen molar-refractivity contribution in [2.45, 2.75) is 18.7 Å². The Kier molecular flexibility index (Phi) is 2.90. The van der Waals surface area contributed by atoms with Crippen molar-refractivity contribution in [1.29, 1.82) is 0 Å². The van der Waals surface area contributed by atoms with Gasteiger partial charge in [-0.15, -0.1) is 11.3 Å². The third-order valence-corrected chi connectivity index (χ3v) is 2.85.